The van der Waals surface area contributed by atoms with E-state index in [2.05, 4.69) is 16.8 Å². The van der Waals surface area contributed by atoms with Crippen LogP contribution in [0.3, 0.4) is 0 Å². The van der Waals surface area contributed by atoms with Crippen LogP contribution in [0.5, 0.6) is 0 Å². The summed E-state index contributed by atoms with van der Waals surface area (Å²) in [6.07, 6.45) is 1.66. The number of hydrogen-bond donors (Lipinski definition) is 0. The first-order chi connectivity index (χ1) is 4.27. The average molecular weight is 123 g/mol. The van der Waals surface area contributed by atoms with Gasteiger partial charge < -0.3 is 0 Å². The Morgan fingerprint density at radius 1 is 1.78 bits per heavy atom. The normalized spacial score (nSPS) is 8.67. The van der Waals surface area contributed by atoms with E-state index >= 15 is 0 Å². The van der Waals surface area contributed by atoms with Crippen LogP contribution in [0, 0.1) is 11.8 Å². The monoisotopic (exact) mass is 123 g/mol. The zero-order valence-electron chi connectivity index (χ0n) is 5.64. The fraction of sp³-hybridized carbons (Fsp3) is 0.429. The third-order valence-electron chi connectivity index (χ3n) is 0.617. The first-order valence-electron chi connectivity index (χ1n) is 2.71. The van der Waals surface area contributed by atoms with Crippen LogP contribution in [0.1, 0.15) is 13.8 Å². The van der Waals surface area contributed by atoms with Crippen LogP contribution in [0.25, 0.3) is 0 Å². The zero-order chi connectivity index (χ0) is 7.11. The number of Topliss-reactive ketones (excluding diaryl/α,β-unsaturated/α-hetero) is 1. The quantitative estimate of drug-likeness (QED) is 0.286. The van der Waals surface area contributed by atoms with Gasteiger partial charge in [-0.3, -0.25) is 9.79 Å². The predicted molar refractivity (Wildman–Crippen MR) is 37.5 cm³/mol. The van der Waals surface area contributed by atoms with Crippen molar-refractivity contribution in [3.63, 3.8) is 0 Å². The topological polar surface area (TPSA) is 29.4 Å². The molecule has 0 spiro atoms. The highest BCUT2D eigenvalue weighted by Gasteiger charge is 1.75. The molecular formula is C7H9NO. The highest BCUT2D eigenvalue weighted by molar-refractivity contribution is 5.93. The molecule has 9 heavy (non-hydrogen) atoms. The van der Waals surface area contributed by atoms with Gasteiger partial charge in [0.15, 0.2) is 0 Å². The lowest BCUT2D eigenvalue weighted by Crippen LogP contribution is -1.81. The Balaban J connectivity index is 3.50. The largest absolute Gasteiger partial charge is 0.285 e. The Hall–Kier alpha value is -1.10. The molecule has 0 aliphatic rings. The minimum atomic E-state index is -0.110. The van der Waals surface area contributed by atoms with Gasteiger partial charge in [0.1, 0.15) is 0 Å². The van der Waals surface area contributed by atoms with Gasteiger partial charge in [-0.1, -0.05) is 5.92 Å². The Bertz CT molecular complexity index is 171. The van der Waals surface area contributed by atoms with E-state index in [1.54, 1.807) is 6.21 Å². The number of nitrogens with zero attached hydrogens (tertiary/aromatic N) is 1. The van der Waals surface area contributed by atoms with Crippen molar-refractivity contribution < 1.29 is 4.79 Å². The Morgan fingerprint density at radius 3 is 2.89 bits per heavy atom. The van der Waals surface area contributed by atoms with Crippen molar-refractivity contribution >= 4 is 12.0 Å². The van der Waals surface area contributed by atoms with E-state index in [-0.39, 0.29) is 5.78 Å². The molecule has 0 atom stereocenters. The molecule has 0 saturated heterocycles. The molecule has 0 fully saturated rings. The number of carbonyl (C=O) groups excluding carboxylic acids is 1. The van der Waals surface area contributed by atoms with Crippen molar-refractivity contribution in [3.05, 3.63) is 0 Å². The highest BCUT2D eigenvalue weighted by atomic mass is 16.1. The molecule has 0 aromatic carbocycles. The van der Waals surface area contributed by atoms with Crippen molar-refractivity contribution in [2.24, 2.45) is 4.99 Å². The van der Waals surface area contributed by atoms with E-state index in [4.69, 9.17) is 0 Å². The molecule has 2 nitrogen and oxygen atoms in total. The summed E-state index contributed by atoms with van der Waals surface area (Å²) in [6, 6.07) is 0. The van der Waals surface area contributed by atoms with E-state index in [9.17, 15) is 4.79 Å². The molecule has 0 aromatic heterocycles. The number of ketones is 1. The molecule has 0 aliphatic carbocycles. The second-order valence-electron chi connectivity index (χ2n) is 1.46. The van der Waals surface area contributed by atoms with Gasteiger partial charge in [-0.15, -0.1) is 0 Å². The lowest BCUT2D eigenvalue weighted by atomic mass is 10.4. The molecule has 0 bridgehead atoms. The third-order valence-corrected chi connectivity index (χ3v) is 0.617. The molecule has 0 radical (unpaired) electrons. The van der Waals surface area contributed by atoms with Crippen molar-refractivity contribution in [1.29, 1.82) is 0 Å². The first-order valence-corrected chi connectivity index (χ1v) is 2.71. The van der Waals surface area contributed by atoms with Crippen LogP contribution in [0.4, 0.5) is 0 Å². The van der Waals surface area contributed by atoms with Gasteiger partial charge in [0, 0.05) is 6.92 Å². The number of rotatable bonds is 1. The summed E-state index contributed by atoms with van der Waals surface area (Å²) in [6.45, 7) is 3.67. The minimum absolute atomic E-state index is 0.110. The van der Waals surface area contributed by atoms with E-state index in [1.165, 1.54) is 6.92 Å². The summed E-state index contributed by atoms with van der Waals surface area (Å²) in [4.78, 5) is 14.0. The number of carbonyl (C=O) groups is 1. The van der Waals surface area contributed by atoms with Crippen LogP contribution in [0.2, 0.25) is 0 Å². The molecule has 0 heterocycles. The van der Waals surface area contributed by atoms with Gasteiger partial charge in [-0.05, 0) is 19.1 Å². The second kappa shape index (κ2) is 5.04. The second-order valence-corrected chi connectivity index (χ2v) is 1.46. The SMILES string of the molecule is CC=NCC#CC(C)=O. The third kappa shape index (κ3) is 6.90. The van der Waals surface area contributed by atoms with E-state index < -0.39 is 0 Å². The standard InChI is InChI=1S/C7H9NO/c1-3-8-6-4-5-7(2)9/h3H,6H2,1-2H3. The van der Waals surface area contributed by atoms with Crippen LogP contribution in [-0.4, -0.2) is 18.5 Å². The molecule has 2 heteroatoms. The van der Waals surface area contributed by atoms with Crippen molar-refractivity contribution in [2.75, 3.05) is 6.54 Å². The zero-order valence-corrected chi connectivity index (χ0v) is 5.64. The summed E-state index contributed by atoms with van der Waals surface area (Å²) in [7, 11) is 0. The maximum atomic E-state index is 10.2. The van der Waals surface area contributed by atoms with Gasteiger partial charge in [-0.25, -0.2) is 0 Å². The molecule has 48 valence electrons. The van der Waals surface area contributed by atoms with Crippen molar-refractivity contribution in [2.45, 2.75) is 13.8 Å². The number of hydrogen-bond acceptors (Lipinski definition) is 2. The summed E-state index contributed by atoms with van der Waals surface area (Å²) < 4.78 is 0. The Labute approximate surface area is 55.0 Å². The van der Waals surface area contributed by atoms with Crippen molar-refractivity contribution in [3.8, 4) is 11.8 Å². The van der Waals surface area contributed by atoms with E-state index in [0.717, 1.165) is 0 Å². The van der Waals surface area contributed by atoms with Crippen LogP contribution in [0.15, 0.2) is 4.99 Å². The molecular weight excluding hydrogens is 114 g/mol. The first kappa shape index (κ1) is 7.90. The van der Waals surface area contributed by atoms with Gasteiger partial charge in [-0.2, -0.15) is 0 Å². The van der Waals surface area contributed by atoms with Crippen molar-refractivity contribution in [1.82, 2.24) is 0 Å². The fourth-order valence-corrected chi connectivity index (χ4v) is 0.301. The number of aliphatic imine (C=N–C) groups is 1. The van der Waals surface area contributed by atoms with E-state index in [0.29, 0.717) is 6.54 Å². The molecule has 0 unspecified atom stereocenters. The summed E-state index contributed by atoms with van der Waals surface area (Å²) in [5, 5.41) is 0. The smallest absolute Gasteiger partial charge is 0.202 e. The average Bonchev–Trinajstić information content (AvgIpc) is 1.80. The molecule has 0 N–H and O–H groups in total. The molecule has 0 rings (SSSR count). The predicted octanol–water partition coefficient (Wildman–Crippen LogP) is 0.669. The molecule has 0 saturated carbocycles. The van der Waals surface area contributed by atoms with Gasteiger partial charge in [0.05, 0.1) is 6.54 Å². The summed E-state index contributed by atoms with van der Waals surface area (Å²) >= 11 is 0. The van der Waals surface area contributed by atoms with Crippen LogP contribution >= 0.6 is 0 Å². The molecule has 0 aromatic rings. The maximum Gasteiger partial charge on any atom is 0.202 e. The highest BCUT2D eigenvalue weighted by Crippen LogP contribution is 1.65. The van der Waals surface area contributed by atoms with Gasteiger partial charge in [0.25, 0.3) is 0 Å². The lowest BCUT2D eigenvalue weighted by molar-refractivity contribution is -0.111. The summed E-state index contributed by atoms with van der Waals surface area (Å²) in [5.74, 6) is 4.86. The fourth-order valence-electron chi connectivity index (χ4n) is 0.301. The van der Waals surface area contributed by atoms with Gasteiger partial charge >= 0.3 is 0 Å². The Morgan fingerprint density at radius 2 is 2.44 bits per heavy atom. The maximum absolute atomic E-state index is 10.2. The Kier molecular flexibility index (Phi) is 4.43. The summed E-state index contributed by atoms with van der Waals surface area (Å²) in [5.41, 5.74) is 0. The van der Waals surface area contributed by atoms with E-state index in [1.807, 2.05) is 6.92 Å². The van der Waals surface area contributed by atoms with Crippen LogP contribution < -0.4 is 0 Å². The van der Waals surface area contributed by atoms with Gasteiger partial charge in [0.2, 0.25) is 5.78 Å². The molecule has 0 aliphatic heterocycles. The van der Waals surface area contributed by atoms with Crippen LogP contribution in [-0.2, 0) is 4.79 Å². The lowest BCUT2D eigenvalue weighted by Gasteiger charge is -1.73. The molecule has 0 amide bonds. The minimum Gasteiger partial charge on any atom is -0.285 e.